The van der Waals surface area contributed by atoms with Crippen molar-refractivity contribution in [1.82, 2.24) is 0 Å². The van der Waals surface area contributed by atoms with Crippen LogP contribution in [0.3, 0.4) is 0 Å². The normalized spacial score (nSPS) is 7.33. The summed E-state index contributed by atoms with van der Waals surface area (Å²) in [7, 11) is 0. The van der Waals surface area contributed by atoms with Crippen molar-refractivity contribution in [2.45, 2.75) is 32.1 Å². The van der Waals surface area contributed by atoms with Crippen LogP contribution in [0, 0.1) is 0 Å². The Morgan fingerprint density at radius 1 is 0.400 bits per heavy atom. The van der Waals surface area contributed by atoms with Gasteiger partial charge in [0.1, 0.15) is 0 Å². The standard InChI is InChI=1S/5C4H6O2/c5*1-2-3-4(5)6/h5*2H,1,3H2,(H,5,6). The van der Waals surface area contributed by atoms with Gasteiger partial charge in [0, 0.05) is 0 Å². The molecule has 0 spiro atoms. The molecule has 0 heterocycles. The molecule has 0 unspecified atom stereocenters. The van der Waals surface area contributed by atoms with E-state index in [0.29, 0.717) is 0 Å². The van der Waals surface area contributed by atoms with Crippen LogP contribution >= 0.6 is 0 Å². The van der Waals surface area contributed by atoms with Crippen molar-refractivity contribution in [2.24, 2.45) is 0 Å². The van der Waals surface area contributed by atoms with Crippen LogP contribution in [-0.4, -0.2) is 55.4 Å². The van der Waals surface area contributed by atoms with Crippen LogP contribution in [0.4, 0.5) is 0 Å². The van der Waals surface area contributed by atoms with Gasteiger partial charge < -0.3 is 25.5 Å². The Morgan fingerprint density at radius 3 is 0.500 bits per heavy atom. The van der Waals surface area contributed by atoms with E-state index in [1.807, 2.05) is 0 Å². The summed E-state index contributed by atoms with van der Waals surface area (Å²) < 4.78 is 0. The third kappa shape index (κ3) is 105. The molecule has 0 amide bonds. The molecule has 10 nitrogen and oxygen atoms in total. The molecule has 0 fully saturated rings. The lowest BCUT2D eigenvalue weighted by atomic mass is 10.4. The fraction of sp³-hybridized carbons (Fsp3) is 0.250. The van der Waals surface area contributed by atoms with Crippen LogP contribution in [0.15, 0.2) is 63.3 Å². The zero-order valence-electron chi connectivity index (χ0n) is 16.7. The average molecular weight is 430 g/mol. The Hall–Kier alpha value is -3.95. The molecule has 0 rings (SSSR count). The summed E-state index contributed by atoms with van der Waals surface area (Å²) in [5, 5.41) is 39.2. The summed E-state index contributed by atoms with van der Waals surface area (Å²) in [6.45, 7) is 16.1. The lowest BCUT2D eigenvalue weighted by Gasteiger charge is -1.75. The molecule has 5 N–H and O–H groups in total. The van der Waals surface area contributed by atoms with E-state index in [9.17, 15) is 24.0 Å². The maximum absolute atomic E-state index is 9.53. The molecule has 0 saturated heterocycles. The fourth-order valence-electron chi connectivity index (χ4n) is 0.617. The number of carboxylic acid groups (broad SMARTS) is 5. The molecule has 0 bridgehead atoms. The Labute approximate surface area is 175 Å². The van der Waals surface area contributed by atoms with E-state index < -0.39 is 29.8 Å². The van der Waals surface area contributed by atoms with E-state index >= 15 is 0 Å². The second-order valence-electron chi connectivity index (χ2n) is 4.43. The van der Waals surface area contributed by atoms with Crippen LogP contribution in [0.2, 0.25) is 0 Å². The molecule has 0 aliphatic heterocycles. The summed E-state index contributed by atoms with van der Waals surface area (Å²) >= 11 is 0. The highest BCUT2D eigenvalue weighted by Gasteiger charge is 1.86. The summed E-state index contributed by atoms with van der Waals surface area (Å²) in [6, 6.07) is 0. The monoisotopic (exact) mass is 430 g/mol. The largest absolute Gasteiger partial charge is 0.481 e. The fourth-order valence-corrected chi connectivity index (χ4v) is 0.617. The van der Waals surface area contributed by atoms with Gasteiger partial charge in [-0.15, -0.1) is 32.9 Å². The van der Waals surface area contributed by atoms with Gasteiger partial charge >= 0.3 is 29.8 Å². The minimum atomic E-state index is -0.829. The number of carbonyl (C=O) groups is 5. The summed E-state index contributed by atoms with van der Waals surface area (Å²) in [4.78, 5) is 47.6. The van der Waals surface area contributed by atoms with Crippen LogP contribution in [0.5, 0.6) is 0 Å². The summed E-state index contributed by atoms with van der Waals surface area (Å²) in [5.41, 5.74) is 0. The highest BCUT2D eigenvalue weighted by atomic mass is 16.4. The number of rotatable bonds is 10. The molecule has 170 valence electrons. The lowest BCUT2D eigenvalue weighted by molar-refractivity contribution is -0.137. The third-order valence-corrected chi connectivity index (χ3v) is 1.59. The molecule has 0 radical (unpaired) electrons. The highest BCUT2D eigenvalue weighted by Crippen LogP contribution is 1.76. The van der Waals surface area contributed by atoms with Crippen molar-refractivity contribution in [3.8, 4) is 0 Å². The second-order valence-corrected chi connectivity index (χ2v) is 4.43. The molecular weight excluding hydrogens is 400 g/mol. The minimum Gasteiger partial charge on any atom is -0.481 e. The average Bonchev–Trinajstić information content (AvgIpc) is 2.56. The minimum absolute atomic E-state index is 0.0556. The Bertz CT molecular complexity index is 446. The van der Waals surface area contributed by atoms with Crippen molar-refractivity contribution in [1.29, 1.82) is 0 Å². The van der Waals surface area contributed by atoms with Crippen LogP contribution in [0.25, 0.3) is 0 Å². The van der Waals surface area contributed by atoms with Crippen molar-refractivity contribution in [2.75, 3.05) is 0 Å². The van der Waals surface area contributed by atoms with Crippen molar-refractivity contribution in [3.05, 3.63) is 63.3 Å². The first-order valence-corrected chi connectivity index (χ1v) is 7.99. The lowest BCUT2D eigenvalue weighted by Crippen LogP contribution is -1.88. The topological polar surface area (TPSA) is 186 Å². The van der Waals surface area contributed by atoms with E-state index in [1.165, 1.54) is 30.4 Å². The summed E-state index contributed by atoms with van der Waals surface area (Å²) in [6.07, 6.45) is 7.03. The predicted molar refractivity (Wildman–Crippen MR) is 112 cm³/mol. The van der Waals surface area contributed by atoms with Gasteiger partial charge in [-0.05, 0) is 0 Å². The maximum atomic E-state index is 9.53. The van der Waals surface area contributed by atoms with E-state index in [-0.39, 0.29) is 32.1 Å². The van der Waals surface area contributed by atoms with Crippen LogP contribution in [0.1, 0.15) is 32.1 Å². The number of hydrogen-bond acceptors (Lipinski definition) is 5. The molecule has 0 aliphatic rings. The molecule has 0 aromatic carbocycles. The van der Waals surface area contributed by atoms with E-state index in [0.717, 1.165) is 0 Å². The zero-order valence-corrected chi connectivity index (χ0v) is 16.7. The number of hydrogen-bond donors (Lipinski definition) is 5. The summed E-state index contributed by atoms with van der Waals surface area (Å²) in [5.74, 6) is -4.14. The first kappa shape index (κ1) is 36.9. The van der Waals surface area contributed by atoms with Gasteiger partial charge in [-0.3, -0.25) is 24.0 Å². The molecule has 30 heavy (non-hydrogen) atoms. The Kier molecular flexibility index (Phi) is 40.2. The van der Waals surface area contributed by atoms with Crippen molar-refractivity contribution >= 4 is 29.8 Å². The maximum Gasteiger partial charge on any atom is 0.307 e. The molecular formula is C20H30O10. The molecule has 0 aromatic rings. The number of carboxylic acids is 5. The van der Waals surface area contributed by atoms with Gasteiger partial charge in [0.2, 0.25) is 0 Å². The highest BCUT2D eigenvalue weighted by molar-refractivity contribution is 5.69. The van der Waals surface area contributed by atoms with E-state index in [2.05, 4.69) is 32.9 Å². The van der Waals surface area contributed by atoms with Gasteiger partial charge in [-0.2, -0.15) is 0 Å². The van der Waals surface area contributed by atoms with E-state index in [4.69, 9.17) is 25.5 Å². The van der Waals surface area contributed by atoms with E-state index in [1.54, 1.807) is 0 Å². The van der Waals surface area contributed by atoms with Gasteiger partial charge in [-0.25, -0.2) is 0 Å². The van der Waals surface area contributed by atoms with Gasteiger partial charge in [0.15, 0.2) is 0 Å². The molecule has 10 heteroatoms. The predicted octanol–water partition coefficient (Wildman–Crippen LogP) is 3.24. The van der Waals surface area contributed by atoms with Gasteiger partial charge in [0.05, 0.1) is 32.1 Å². The molecule has 0 aromatic heterocycles. The molecule has 0 atom stereocenters. The quantitative estimate of drug-likeness (QED) is 0.322. The van der Waals surface area contributed by atoms with Crippen molar-refractivity contribution in [3.63, 3.8) is 0 Å². The Morgan fingerprint density at radius 2 is 0.500 bits per heavy atom. The third-order valence-electron chi connectivity index (χ3n) is 1.59. The van der Waals surface area contributed by atoms with Crippen molar-refractivity contribution < 1.29 is 49.5 Å². The van der Waals surface area contributed by atoms with Crippen LogP contribution < -0.4 is 0 Å². The molecule has 0 saturated carbocycles. The number of aliphatic carboxylic acids is 5. The first-order valence-electron chi connectivity index (χ1n) is 7.99. The van der Waals surface area contributed by atoms with Gasteiger partial charge in [0.25, 0.3) is 0 Å². The van der Waals surface area contributed by atoms with Crippen LogP contribution in [-0.2, 0) is 24.0 Å². The smallest absolute Gasteiger partial charge is 0.307 e. The Balaban J connectivity index is -0.0000000868. The first-order chi connectivity index (χ1) is 13.9. The molecule has 0 aliphatic carbocycles. The SMILES string of the molecule is C=CCC(=O)O.C=CCC(=O)O.C=CCC(=O)O.C=CCC(=O)O.C=CCC(=O)O. The van der Waals surface area contributed by atoms with Gasteiger partial charge in [-0.1, -0.05) is 30.4 Å². The zero-order chi connectivity index (χ0) is 25.0. The second kappa shape index (κ2) is 32.7.